The Morgan fingerprint density at radius 1 is 0.947 bits per heavy atom. The Kier molecular flexibility index (Phi) is 4.37. The van der Waals surface area contributed by atoms with E-state index in [9.17, 15) is 13.2 Å². The van der Waals surface area contributed by atoms with Gasteiger partial charge in [0.1, 0.15) is 5.75 Å². The van der Waals surface area contributed by atoms with Crippen LogP contribution in [0.1, 0.15) is 27.8 Å². The van der Waals surface area contributed by atoms with Gasteiger partial charge in [0.05, 0.1) is 0 Å². The molecule has 0 amide bonds. The number of carbonyl (C=O) groups excluding carboxylic acids is 1. The fraction of sp³-hybridized carbons (Fsp3) is 0.462. The zero-order valence-electron chi connectivity index (χ0n) is 11.7. The summed E-state index contributed by atoms with van der Waals surface area (Å²) in [5, 5.41) is 0. The molecular weight excluding hydrogens is 268 g/mol. The van der Waals surface area contributed by atoms with Gasteiger partial charge in [-0.2, -0.15) is 8.42 Å². The van der Waals surface area contributed by atoms with E-state index < -0.39 is 21.8 Å². The maximum absolute atomic E-state index is 11.5. The SMILES string of the molecule is Cc1c(C)c(C)c(OC(=O)CS(=O)(=O)O)c(C)c1C. The van der Waals surface area contributed by atoms with Crippen molar-refractivity contribution in [2.75, 3.05) is 5.75 Å². The van der Waals surface area contributed by atoms with Gasteiger partial charge in [-0.25, -0.2) is 0 Å². The van der Waals surface area contributed by atoms with Gasteiger partial charge in [-0.1, -0.05) is 0 Å². The Balaban J connectivity index is 3.20. The standard InChI is InChI=1S/C13H18O5S/c1-7-8(2)10(4)13(11(5)9(7)3)18-12(14)6-19(15,16)17/h6H2,1-5H3,(H,15,16,17). The summed E-state index contributed by atoms with van der Waals surface area (Å²) in [6.07, 6.45) is 0. The van der Waals surface area contributed by atoms with Gasteiger partial charge in [0.15, 0.2) is 5.75 Å². The molecule has 5 nitrogen and oxygen atoms in total. The Labute approximate surface area is 113 Å². The molecule has 1 rings (SSSR count). The van der Waals surface area contributed by atoms with Crippen LogP contribution in [0.2, 0.25) is 0 Å². The monoisotopic (exact) mass is 286 g/mol. The second-order valence-corrected chi connectivity index (χ2v) is 6.11. The van der Waals surface area contributed by atoms with Gasteiger partial charge in [0.2, 0.25) is 0 Å². The molecule has 0 aromatic heterocycles. The number of esters is 1. The van der Waals surface area contributed by atoms with Crippen LogP contribution < -0.4 is 4.74 Å². The maximum atomic E-state index is 11.5. The number of hydrogen-bond acceptors (Lipinski definition) is 4. The summed E-state index contributed by atoms with van der Waals surface area (Å²) < 4.78 is 35.0. The first kappa shape index (κ1) is 15.7. The van der Waals surface area contributed by atoms with E-state index >= 15 is 0 Å². The molecule has 0 radical (unpaired) electrons. The Morgan fingerprint density at radius 2 is 1.32 bits per heavy atom. The van der Waals surface area contributed by atoms with Gasteiger partial charge in [-0.3, -0.25) is 9.35 Å². The normalized spacial score (nSPS) is 11.5. The number of ether oxygens (including phenoxy) is 1. The van der Waals surface area contributed by atoms with Crippen molar-refractivity contribution in [2.24, 2.45) is 0 Å². The molecule has 0 atom stereocenters. The zero-order chi connectivity index (χ0) is 15.0. The maximum Gasteiger partial charge on any atom is 0.329 e. The number of carbonyl (C=O) groups is 1. The third-order valence-electron chi connectivity index (χ3n) is 3.45. The molecule has 0 heterocycles. The van der Waals surface area contributed by atoms with Crippen LogP contribution in [0.25, 0.3) is 0 Å². The van der Waals surface area contributed by atoms with Gasteiger partial charge >= 0.3 is 5.97 Å². The first-order valence-corrected chi connectivity index (χ1v) is 7.38. The second-order valence-electron chi connectivity index (χ2n) is 4.65. The quantitative estimate of drug-likeness (QED) is 0.522. The van der Waals surface area contributed by atoms with Crippen LogP contribution in [0.3, 0.4) is 0 Å². The lowest BCUT2D eigenvalue weighted by Crippen LogP contribution is -2.21. The van der Waals surface area contributed by atoms with Crippen molar-refractivity contribution in [3.8, 4) is 5.75 Å². The van der Waals surface area contributed by atoms with E-state index in [2.05, 4.69) is 0 Å². The minimum absolute atomic E-state index is 0.370. The summed E-state index contributed by atoms with van der Waals surface area (Å²) in [5.41, 5.74) is 4.70. The van der Waals surface area contributed by atoms with Crippen molar-refractivity contribution in [3.05, 3.63) is 27.8 Å². The summed E-state index contributed by atoms with van der Waals surface area (Å²) in [4.78, 5) is 11.5. The molecule has 0 aliphatic rings. The number of hydrogen-bond donors (Lipinski definition) is 1. The first-order chi connectivity index (χ1) is 8.54. The summed E-state index contributed by atoms with van der Waals surface area (Å²) in [7, 11) is -4.37. The van der Waals surface area contributed by atoms with Crippen molar-refractivity contribution in [1.82, 2.24) is 0 Å². The average Bonchev–Trinajstić information content (AvgIpc) is 2.27. The molecule has 1 N–H and O–H groups in total. The van der Waals surface area contributed by atoms with Crippen LogP contribution in [0, 0.1) is 34.6 Å². The summed E-state index contributed by atoms with van der Waals surface area (Å²) in [6, 6.07) is 0. The van der Waals surface area contributed by atoms with Crippen LogP contribution in [0.4, 0.5) is 0 Å². The van der Waals surface area contributed by atoms with Gasteiger partial charge in [0, 0.05) is 0 Å². The van der Waals surface area contributed by atoms with Crippen LogP contribution in [-0.4, -0.2) is 24.7 Å². The Hall–Kier alpha value is -1.40. The lowest BCUT2D eigenvalue weighted by molar-refractivity contribution is -0.131. The van der Waals surface area contributed by atoms with E-state index in [-0.39, 0.29) is 0 Å². The molecule has 1 aromatic carbocycles. The molecule has 0 unspecified atom stereocenters. The third kappa shape index (κ3) is 3.54. The average molecular weight is 286 g/mol. The fourth-order valence-electron chi connectivity index (χ4n) is 1.91. The predicted molar refractivity (Wildman–Crippen MR) is 72.2 cm³/mol. The van der Waals surface area contributed by atoms with Crippen LogP contribution >= 0.6 is 0 Å². The van der Waals surface area contributed by atoms with Crippen molar-refractivity contribution in [1.29, 1.82) is 0 Å². The highest BCUT2D eigenvalue weighted by Crippen LogP contribution is 2.32. The first-order valence-electron chi connectivity index (χ1n) is 5.77. The Bertz CT molecular complexity index is 600. The third-order valence-corrected chi connectivity index (χ3v) is 4.05. The van der Waals surface area contributed by atoms with E-state index in [1.807, 2.05) is 34.6 Å². The molecule has 0 saturated carbocycles. The van der Waals surface area contributed by atoms with Crippen molar-refractivity contribution in [3.63, 3.8) is 0 Å². The van der Waals surface area contributed by atoms with Gasteiger partial charge in [-0.05, 0) is 62.4 Å². The van der Waals surface area contributed by atoms with E-state index in [0.717, 1.165) is 27.8 Å². The van der Waals surface area contributed by atoms with E-state index in [1.54, 1.807) is 0 Å². The minimum Gasteiger partial charge on any atom is -0.425 e. The molecule has 0 fully saturated rings. The minimum atomic E-state index is -4.37. The Morgan fingerprint density at radius 3 is 1.68 bits per heavy atom. The fourth-order valence-corrected chi connectivity index (χ4v) is 2.27. The zero-order valence-corrected chi connectivity index (χ0v) is 12.5. The topological polar surface area (TPSA) is 80.7 Å². The van der Waals surface area contributed by atoms with Gasteiger partial charge < -0.3 is 4.74 Å². The highest BCUT2D eigenvalue weighted by Gasteiger charge is 2.19. The molecule has 0 saturated heterocycles. The smallest absolute Gasteiger partial charge is 0.329 e. The van der Waals surface area contributed by atoms with Crippen molar-refractivity contribution < 1.29 is 22.5 Å². The van der Waals surface area contributed by atoms with Crippen LogP contribution in [0.5, 0.6) is 5.75 Å². The molecule has 0 spiro atoms. The molecule has 19 heavy (non-hydrogen) atoms. The van der Waals surface area contributed by atoms with Gasteiger partial charge in [0.25, 0.3) is 10.1 Å². The lowest BCUT2D eigenvalue weighted by atomic mass is 9.94. The second kappa shape index (κ2) is 5.30. The summed E-state index contributed by atoms with van der Waals surface area (Å²) >= 11 is 0. The van der Waals surface area contributed by atoms with Crippen LogP contribution in [0.15, 0.2) is 0 Å². The number of rotatable bonds is 3. The molecule has 0 bridgehead atoms. The van der Waals surface area contributed by atoms with E-state index in [4.69, 9.17) is 9.29 Å². The van der Waals surface area contributed by atoms with E-state index in [0.29, 0.717) is 5.75 Å². The van der Waals surface area contributed by atoms with Crippen LogP contribution in [-0.2, 0) is 14.9 Å². The van der Waals surface area contributed by atoms with Crippen molar-refractivity contribution in [2.45, 2.75) is 34.6 Å². The largest absolute Gasteiger partial charge is 0.425 e. The predicted octanol–water partition coefficient (Wildman–Crippen LogP) is 2.02. The molecule has 0 aliphatic heterocycles. The summed E-state index contributed by atoms with van der Waals surface area (Å²) in [6.45, 7) is 9.43. The molecule has 106 valence electrons. The lowest BCUT2D eigenvalue weighted by Gasteiger charge is -2.17. The summed E-state index contributed by atoms with van der Waals surface area (Å²) in [5.74, 6) is -1.66. The highest BCUT2D eigenvalue weighted by atomic mass is 32.2. The molecular formula is C13H18O5S. The highest BCUT2D eigenvalue weighted by molar-refractivity contribution is 7.86. The van der Waals surface area contributed by atoms with Crippen molar-refractivity contribution >= 4 is 16.1 Å². The molecule has 0 aliphatic carbocycles. The molecule has 1 aromatic rings. The molecule has 6 heteroatoms. The van der Waals surface area contributed by atoms with E-state index in [1.165, 1.54) is 0 Å². The number of benzene rings is 1. The van der Waals surface area contributed by atoms with Gasteiger partial charge in [-0.15, -0.1) is 0 Å².